The second-order valence-corrected chi connectivity index (χ2v) is 11.8. The first kappa shape index (κ1) is 23.0. The van der Waals surface area contributed by atoms with Crippen molar-refractivity contribution in [3.05, 3.63) is 66.0 Å². The molecule has 2 heterocycles. The van der Waals surface area contributed by atoms with E-state index in [2.05, 4.69) is 23.2 Å². The van der Waals surface area contributed by atoms with Gasteiger partial charge in [0, 0.05) is 31.9 Å². The monoisotopic (exact) mass is 454 g/mol. The summed E-state index contributed by atoms with van der Waals surface area (Å²) in [5, 5.41) is 0. The quantitative estimate of drug-likeness (QED) is 0.588. The summed E-state index contributed by atoms with van der Waals surface area (Å²) in [5.41, 5.74) is 2.36. The van der Waals surface area contributed by atoms with Gasteiger partial charge in [-0.3, -0.25) is 9.78 Å². The first-order valence-electron chi connectivity index (χ1n) is 11.9. The van der Waals surface area contributed by atoms with Crippen LogP contribution < -0.4 is 0 Å². The molecule has 2 aromatic rings. The van der Waals surface area contributed by atoms with Crippen molar-refractivity contribution >= 4 is 15.7 Å². The predicted molar refractivity (Wildman–Crippen MR) is 127 cm³/mol. The molecule has 1 aromatic carbocycles. The standard InChI is InChI=1S/C26H34N2O3S/c29-25-20-26(14-6-4-13-24(26)19-22-9-2-1-3-10-22)32(30,31)18-17-28(25)16-7-5-11-23-12-8-15-27-21-23/h1-3,8-10,12,15,21,24H,4-7,11,13-14,16-20H2. The molecule has 172 valence electrons. The molecule has 0 bridgehead atoms. The Morgan fingerprint density at radius 3 is 2.62 bits per heavy atom. The maximum Gasteiger partial charge on any atom is 0.224 e. The molecule has 1 aromatic heterocycles. The SMILES string of the molecule is O=C1CC2(CCCCC2Cc2ccccc2)S(=O)(=O)CCN1CCCCc1cccnc1. The number of aryl methyl sites for hydroxylation is 1. The van der Waals surface area contributed by atoms with Crippen LogP contribution in [-0.2, 0) is 27.5 Å². The fourth-order valence-electron chi connectivity index (χ4n) is 5.56. The minimum Gasteiger partial charge on any atom is -0.342 e. The molecule has 0 radical (unpaired) electrons. The fourth-order valence-corrected chi connectivity index (χ4v) is 7.94. The highest BCUT2D eigenvalue weighted by Gasteiger charge is 2.53. The molecule has 1 aliphatic carbocycles. The van der Waals surface area contributed by atoms with Crippen molar-refractivity contribution in [1.29, 1.82) is 0 Å². The number of nitrogens with zero attached hydrogens (tertiary/aromatic N) is 2. The second kappa shape index (κ2) is 10.2. The molecule has 2 fully saturated rings. The molecule has 4 rings (SSSR count). The number of hydrogen-bond donors (Lipinski definition) is 0. The van der Waals surface area contributed by atoms with Crippen LogP contribution in [0, 0.1) is 5.92 Å². The molecule has 2 unspecified atom stereocenters. The van der Waals surface area contributed by atoms with Crippen LogP contribution in [0.4, 0.5) is 0 Å². The lowest BCUT2D eigenvalue weighted by Crippen LogP contribution is -2.50. The van der Waals surface area contributed by atoms with Crippen molar-refractivity contribution in [2.45, 2.75) is 62.5 Å². The summed E-state index contributed by atoms with van der Waals surface area (Å²) in [7, 11) is -3.36. The molecule has 5 nitrogen and oxygen atoms in total. The Kier molecular flexibility index (Phi) is 7.29. The van der Waals surface area contributed by atoms with Crippen molar-refractivity contribution in [3.63, 3.8) is 0 Å². The third-order valence-electron chi connectivity index (χ3n) is 7.39. The first-order chi connectivity index (χ1) is 15.5. The highest BCUT2D eigenvalue weighted by Crippen LogP contribution is 2.46. The third kappa shape index (κ3) is 5.06. The number of benzene rings is 1. The molecule has 1 saturated heterocycles. The zero-order valence-electron chi connectivity index (χ0n) is 18.8. The van der Waals surface area contributed by atoms with E-state index in [1.54, 1.807) is 6.20 Å². The average Bonchev–Trinajstić information content (AvgIpc) is 2.89. The van der Waals surface area contributed by atoms with Crippen molar-refractivity contribution in [3.8, 4) is 0 Å². The van der Waals surface area contributed by atoms with Gasteiger partial charge in [0.25, 0.3) is 0 Å². The summed E-state index contributed by atoms with van der Waals surface area (Å²) in [4.78, 5) is 19.2. The van der Waals surface area contributed by atoms with E-state index < -0.39 is 14.6 Å². The highest BCUT2D eigenvalue weighted by molar-refractivity contribution is 7.92. The van der Waals surface area contributed by atoms with Crippen LogP contribution in [0.25, 0.3) is 0 Å². The molecule has 2 atom stereocenters. The molecule has 1 spiro atoms. The van der Waals surface area contributed by atoms with Gasteiger partial charge >= 0.3 is 0 Å². The molecule has 1 amide bonds. The summed E-state index contributed by atoms with van der Waals surface area (Å²) in [6.07, 6.45) is 10.7. The topological polar surface area (TPSA) is 67.3 Å². The molecule has 2 aliphatic rings. The zero-order valence-corrected chi connectivity index (χ0v) is 19.6. The van der Waals surface area contributed by atoms with E-state index in [0.29, 0.717) is 19.5 Å². The maximum atomic E-state index is 13.6. The van der Waals surface area contributed by atoms with Gasteiger partial charge in [-0.2, -0.15) is 0 Å². The van der Waals surface area contributed by atoms with E-state index in [1.165, 1.54) is 5.56 Å². The number of aromatic nitrogens is 1. The Bertz CT molecular complexity index is 994. The van der Waals surface area contributed by atoms with Crippen LogP contribution in [0.1, 0.15) is 56.1 Å². The van der Waals surface area contributed by atoms with E-state index in [-0.39, 0.29) is 24.0 Å². The number of sulfone groups is 1. The van der Waals surface area contributed by atoms with Gasteiger partial charge in [-0.25, -0.2) is 8.42 Å². The summed E-state index contributed by atoms with van der Waals surface area (Å²) < 4.78 is 26.3. The number of carbonyl (C=O) groups is 1. The zero-order chi connectivity index (χ0) is 22.4. The van der Waals surface area contributed by atoms with Gasteiger partial charge < -0.3 is 4.90 Å². The molecule has 0 N–H and O–H groups in total. The van der Waals surface area contributed by atoms with Gasteiger partial charge in [-0.15, -0.1) is 0 Å². The van der Waals surface area contributed by atoms with Gasteiger partial charge in [0.1, 0.15) is 0 Å². The van der Waals surface area contributed by atoms with Crippen LogP contribution in [0.5, 0.6) is 0 Å². The Hall–Kier alpha value is -2.21. The molecule has 32 heavy (non-hydrogen) atoms. The van der Waals surface area contributed by atoms with Crippen molar-refractivity contribution in [1.82, 2.24) is 9.88 Å². The predicted octanol–water partition coefficient (Wildman–Crippen LogP) is 4.22. The van der Waals surface area contributed by atoms with Crippen LogP contribution >= 0.6 is 0 Å². The Morgan fingerprint density at radius 2 is 1.84 bits per heavy atom. The van der Waals surface area contributed by atoms with Crippen LogP contribution in [0.3, 0.4) is 0 Å². The molecule has 1 aliphatic heterocycles. The first-order valence-corrected chi connectivity index (χ1v) is 13.6. The van der Waals surface area contributed by atoms with E-state index in [9.17, 15) is 13.2 Å². The number of rotatable bonds is 7. The van der Waals surface area contributed by atoms with Gasteiger partial charge in [-0.05, 0) is 61.6 Å². The summed E-state index contributed by atoms with van der Waals surface area (Å²) in [5.74, 6) is 0.123. The molecule has 6 heteroatoms. The van der Waals surface area contributed by atoms with Crippen molar-refractivity contribution in [2.24, 2.45) is 5.92 Å². The number of amides is 1. The number of hydrogen-bond acceptors (Lipinski definition) is 4. The largest absolute Gasteiger partial charge is 0.342 e. The minimum absolute atomic E-state index is 0.0122. The Labute approximate surface area is 192 Å². The Balaban J connectivity index is 1.44. The van der Waals surface area contributed by atoms with Gasteiger partial charge in [0.05, 0.1) is 10.5 Å². The normalized spacial score (nSPS) is 25.6. The lowest BCUT2D eigenvalue weighted by molar-refractivity contribution is -0.132. The van der Waals surface area contributed by atoms with Crippen LogP contribution in [0.15, 0.2) is 54.9 Å². The highest BCUT2D eigenvalue weighted by atomic mass is 32.2. The number of unbranched alkanes of at least 4 members (excludes halogenated alkanes) is 1. The van der Waals surface area contributed by atoms with E-state index in [1.807, 2.05) is 35.4 Å². The second-order valence-electron chi connectivity index (χ2n) is 9.39. The number of pyridine rings is 1. The molecular weight excluding hydrogens is 420 g/mol. The van der Waals surface area contributed by atoms with E-state index in [0.717, 1.165) is 50.5 Å². The third-order valence-corrected chi connectivity index (χ3v) is 10.0. The van der Waals surface area contributed by atoms with Crippen LogP contribution in [-0.4, -0.2) is 47.8 Å². The van der Waals surface area contributed by atoms with Crippen LogP contribution in [0.2, 0.25) is 0 Å². The minimum atomic E-state index is -3.36. The van der Waals surface area contributed by atoms with Gasteiger partial charge in [0.2, 0.25) is 5.91 Å². The van der Waals surface area contributed by atoms with Crippen molar-refractivity contribution < 1.29 is 13.2 Å². The lowest BCUT2D eigenvalue weighted by Gasteiger charge is -2.42. The van der Waals surface area contributed by atoms with Gasteiger partial charge in [-0.1, -0.05) is 49.2 Å². The smallest absolute Gasteiger partial charge is 0.224 e. The Morgan fingerprint density at radius 1 is 1.03 bits per heavy atom. The molecule has 1 saturated carbocycles. The van der Waals surface area contributed by atoms with Gasteiger partial charge in [0.15, 0.2) is 9.84 Å². The fraction of sp³-hybridized carbons (Fsp3) is 0.538. The summed E-state index contributed by atoms with van der Waals surface area (Å²) in [6.45, 7) is 0.960. The lowest BCUT2D eigenvalue weighted by atomic mass is 9.73. The van der Waals surface area contributed by atoms with Crippen molar-refractivity contribution in [2.75, 3.05) is 18.8 Å². The number of carbonyl (C=O) groups excluding carboxylic acids is 1. The average molecular weight is 455 g/mol. The maximum absolute atomic E-state index is 13.6. The summed E-state index contributed by atoms with van der Waals surface area (Å²) >= 11 is 0. The molecular formula is C26H34N2O3S. The van der Waals surface area contributed by atoms with E-state index in [4.69, 9.17) is 0 Å². The van der Waals surface area contributed by atoms with E-state index >= 15 is 0 Å². The summed E-state index contributed by atoms with van der Waals surface area (Å²) in [6, 6.07) is 14.1.